The van der Waals surface area contributed by atoms with Crippen LogP contribution in [0.25, 0.3) is 0 Å². The lowest BCUT2D eigenvalue weighted by atomic mass is 9.96. The molecule has 2 aromatic rings. The SMILES string of the molecule is Cc1cc(C(=O)c2ccccc2)c(C)cc1OC(C)(C)C. The Morgan fingerprint density at radius 1 is 0.952 bits per heavy atom. The summed E-state index contributed by atoms with van der Waals surface area (Å²) < 4.78 is 5.94. The van der Waals surface area contributed by atoms with Crippen LogP contribution in [0.3, 0.4) is 0 Å². The average Bonchev–Trinajstić information content (AvgIpc) is 2.41. The number of benzene rings is 2. The van der Waals surface area contributed by atoms with E-state index in [2.05, 4.69) is 0 Å². The second-order valence-electron chi connectivity index (χ2n) is 6.34. The van der Waals surface area contributed by atoms with Crippen molar-refractivity contribution in [3.05, 3.63) is 64.7 Å². The van der Waals surface area contributed by atoms with Crippen molar-refractivity contribution in [3.8, 4) is 5.75 Å². The molecular formula is C19H22O2. The zero-order valence-corrected chi connectivity index (χ0v) is 13.4. The van der Waals surface area contributed by atoms with E-state index in [0.29, 0.717) is 5.56 Å². The molecule has 0 atom stereocenters. The maximum atomic E-state index is 12.6. The Bertz CT molecular complexity index is 649. The molecule has 0 radical (unpaired) electrons. The van der Waals surface area contributed by atoms with Crippen LogP contribution in [0.2, 0.25) is 0 Å². The van der Waals surface area contributed by atoms with Gasteiger partial charge in [0, 0.05) is 11.1 Å². The van der Waals surface area contributed by atoms with E-state index in [-0.39, 0.29) is 11.4 Å². The predicted molar refractivity (Wildman–Crippen MR) is 86.2 cm³/mol. The minimum Gasteiger partial charge on any atom is -0.488 e. The summed E-state index contributed by atoms with van der Waals surface area (Å²) in [6.07, 6.45) is 0. The molecule has 0 saturated heterocycles. The van der Waals surface area contributed by atoms with Gasteiger partial charge in [-0.2, -0.15) is 0 Å². The lowest BCUT2D eigenvalue weighted by molar-refractivity contribution is 0.103. The molecule has 2 nitrogen and oxygen atoms in total. The highest BCUT2D eigenvalue weighted by Gasteiger charge is 2.17. The third kappa shape index (κ3) is 3.72. The van der Waals surface area contributed by atoms with Gasteiger partial charge in [-0.05, 0) is 57.9 Å². The van der Waals surface area contributed by atoms with Crippen LogP contribution in [0.4, 0.5) is 0 Å². The molecule has 0 aliphatic heterocycles. The highest BCUT2D eigenvalue weighted by molar-refractivity contribution is 6.10. The molecule has 0 aliphatic carbocycles. The van der Waals surface area contributed by atoms with E-state index < -0.39 is 0 Å². The predicted octanol–water partition coefficient (Wildman–Crippen LogP) is 4.71. The molecule has 21 heavy (non-hydrogen) atoms. The monoisotopic (exact) mass is 282 g/mol. The van der Waals surface area contributed by atoms with Crippen LogP contribution in [-0.2, 0) is 0 Å². The van der Waals surface area contributed by atoms with Crippen LogP contribution < -0.4 is 4.74 Å². The van der Waals surface area contributed by atoms with Crippen molar-refractivity contribution >= 4 is 5.78 Å². The van der Waals surface area contributed by atoms with E-state index in [0.717, 1.165) is 22.4 Å². The van der Waals surface area contributed by atoms with Gasteiger partial charge in [-0.15, -0.1) is 0 Å². The van der Waals surface area contributed by atoms with Gasteiger partial charge in [0.1, 0.15) is 11.4 Å². The topological polar surface area (TPSA) is 26.3 Å². The molecule has 0 heterocycles. The number of rotatable bonds is 3. The summed E-state index contributed by atoms with van der Waals surface area (Å²) in [6, 6.07) is 13.2. The van der Waals surface area contributed by atoms with E-state index in [1.54, 1.807) is 0 Å². The maximum Gasteiger partial charge on any atom is 0.193 e. The highest BCUT2D eigenvalue weighted by atomic mass is 16.5. The first-order chi connectivity index (χ1) is 9.78. The minimum absolute atomic E-state index is 0.0542. The number of aryl methyl sites for hydroxylation is 2. The number of carbonyl (C=O) groups is 1. The number of carbonyl (C=O) groups excluding carboxylic acids is 1. The van der Waals surface area contributed by atoms with Gasteiger partial charge in [0.15, 0.2) is 5.78 Å². The molecule has 0 bridgehead atoms. The second-order valence-corrected chi connectivity index (χ2v) is 6.34. The lowest BCUT2D eigenvalue weighted by Gasteiger charge is -2.23. The molecule has 0 saturated carbocycles. The molecule has 2 rings (SSSR count). The molecule has 110 valence electrons. The van der Waals surface area contributed by atoms with E-state index in [1.165, 1.54) is 0 Å². The third-order valence-corrected chi connectivity index (χ3v) is 3.22. The van der Waals surface area contributed by atoms with Crippen molar-refractivity contribution in [2.24, 2.45) is 0 Å². The minimum atomic E-state index is -0.248. The van der Waals surface area contributed by atoms with Gasteiger partial charge in [-0.3, -0.25) is 4.79 Å². The fraction of sp³-hybridized carbons (Fsp3) is 0.316. The fourth-order valence-corrected chi connectivity index (χ4v) is 2.22. The number of hydrogen-bond donors (Lipinski definition) is 0. The van der Waals surface area contributed by atoms with Gasteiger partial charge in [0.2, 0.25) is 0 Å². The van der Waals surface area contributed by atoms with Gasteiger partial charge < -0.3 is 4.74 Å². The highest BCUT2D eigenvalue weighted by Crippen LogP contribution is 2.27. The first-order valence-corrected chi connectivity index (χ1v) is 7.18. The van der Waals surface area contributed by atoms with Gasteiger partial charge in [0.25, 0.3) is 0 Å². The molecule has 2 heteroatoms. The molecular weight excluding hydrogens is 260 g/mol. The molecule has 0 fully saturated rings. The summed E-state index contributed by atoms with van der Waals surface area (Å²) in [6.45, 7) is 9.98. The smallest absolute Gasteiger partial charge is 0.193 e. The molecule has 0 unspecified atom stereocenters. The summed E-state index contributed by atoms with van der Waals surface area (Å²) >= 11 is 0. The largest absolute Gasteiger partial charge is 0.488 e. The Morgan fingerprint density at radius 2 is 1.57 bits per heavy atom. The van der Waals surface area contributed by atoms with Crippen molar-refractivity contribution in [2.75, 3.05) is 0 Å². The summed E-state index contributed by atoms with van der Waals surface area (Å²) in [5.74, 6) is 0.892. The molecule has 2 aromatic carbocycles. The van der Waals surface area contributed by atoms with Crippen LogP contribution >= 0.6 is 0 Å². The Morgan fingerprint density at radius 3 is 2.14 bits per heavy atom. The average molecular weight is 282 g/mol. The molecule has 0 N–H and O–H groups in total. The Kier molecular flexibility index (Phi) is 4.17. The van der Waals surface area contributed by atoms with Crippen molar-refractivity contribution in [1.29, 1.82) is 0 Å². The summed E-state index contributed by atoms with van der Waals surface area (Å²) in [5.41, 5.74) is 3.12. The Labute approximate surface area is 126 Å². The maximum absolute atomic E-state index is 12.6. The standard InChI is InChI=1S/C19H22O2/c1-13-12-17(21-19(3,4)5)14(2)11-16(13)18(20)15-9-7-6-8-10-15/h6-12H,1-5H3. The number of hydrogen-bond acceptors (Lipinski definition) is 2. The van der Waals surface area contributed by atoms with Gasteiger partial charge in [-0.25, -0.2) is 0 Å². The molecule has 0 amide bonds. The molecule has 0 aromatic heterocycles. The van der Waals surface area contributed by atoms with Gasteiger partial charge >= 0.3 is 0 Å². The third-order valence-electron chi connectivity index (χ3n) is 3.22. The lowest BCUT2D eigenvalue weighted by Crippen LogP contribution is -2.23. The molecule has 0 spiro atoms. The van der Waals surface area contributed by atoms with Crippen LogP contribution in [0.1, 0.15) is 47.8 Å². The zero-order valence-electron chi connectivity index (χ0n) is 13.4. The van der Waals surface area contributed by atoms with Crippen molar-refractivity contribution in [1.82, 2.24) is 0 Å². The first-order valence-electron chi connectivity index (χ1n) is 7.18. The fourth-order valence-electron chi connectivity index (χ4n) is 2.22. The van der Waals surface area contributed by atoms with E-state index in [9.17, 15) is 4.79 Å². The summed E-state index contributed by atoms with van der Waals surface area (Å²) in [4.78, 5) is 12.6. The van der Waals surface area contributed by atoms with Crippen LogP contribution in [0.15, 0.2) is 42.5 Å². The van der Waals surface area contributed by atoms with Crippen molar-refractivity contribution in [2.45, 2.75) is 40.2 Å². The molecule has 0 aliphatic rings. The van der Waals surface area contributed by atoms with Crippen molar-refractivity contribution in [3.63, 3.8) is 0 Å². The van der Waals surface area contributed by atoms with E-state index in [1.807, 2.05) is 77.1 Å². The Hall–Kier alpha value is -2.09. The van der Waals surface area contributed by atoms with Gasteiger partial charge in [-0.1, -0.05) is 30.3 Å². The Balaban J connectivity index is 2.39. The second kappa shape index (κ2) is 5.72. The summed E-state index contributed by atoms with van der Waals surface area (Å²) in [7, 11) is 0. The quantitative estimate of drug-likeness (QED) is 0.762. The normalized spacial score (nSPS) is 11.3. The van der Waals surface area contributed by atoms with Crippen LogP contribution in [0, 0.1) is 13.8 Å². The number of ketones is 1. The van der Waals surface area contributed by atoms with E-state index >= 15 is 0 Å². The van der Waals surface area contributed by atoms with Crippen LogP contribution in [0.5, 0.6) is 5.75 Å². The first kappa shape index (κ1) is 15.3. The summed E-state index contributed by atoms with van der Waals surface area (Å²) in [5, 5.41) is 0. The van der Waals surface area contributed by atoms with Gasteiger partial charge in [0.05, 0.1) is 0 Å². The van der Waals surface area contributed by atoms with Crippen molar-refractivity contribution < 1.29 is 9.53 Å². The number of ether oxygens (including phenoxy) is 1. The zero-order chi connectivity index (χ0) is 15.6. The van der Waals surface area contributed by atoms with E-state index in [4.69, 9.17) is 4.74 Å². The van der Waals surface area contributed by atoms with Crippen LogP contribution in [-0.4, -0.2) is 11.4 Å².